The van der Waals surface area contributed by atoms with Crippen LogP contribution in [-0.2, 0) is 17.6 Å². The summed E-state index contributed by atoms with van der Waals surface area (Å²) in [7, 11) is 0. The minimum absolute atomic E-state index is 0.588. The molecule has 0 saturated carbocycles. The molecule has 1 saturated heterocycles. The highest BCUT2D eigenvalue weighted by Crippen LogP contribution is 2.36. The SMILES string of the molecule is N#Cc1c(SCCOc2ccccc2)nc(N2CCOCC2)c2c1CCCC2. The maximum atomic E-state index is 9.84. The molecule has 0 atom stereocenters. The number of thioether (sulfide) groups is 1. The lowest BCUT2D eigenvalue weighted by atomic mass is 9.89. The zero-order valence-corrected chi connectivity index (χ0v) is 16.8. The van der Waals surface area contributed by atoms with Crippen LogP contribution in [0, 0.1) is 11.3 Å². The van der Waals surface area contributed by atoms with Gasteiger partial charge in [-0.05, 0) is 48.9 Å². The number of rotatable bonds is 6. The largest absolute Gasteiger partial charge is 0.493 e. The number of hydrogen-bond acceptors (Lipinski definition) is 6. The smallest absolute Gasteiger partial charge is 0.133 e. The number of pyridine rings is 1. The number of nitriles is 1. The summed E-state index contributed by atoms with van der Waals surface area (Å²) in [5.74, 6) is 2.71. The third kappa shape index (κ3) is 4.26. The zero-order chi connectivity index (χ0) is 19.2. The molecule has 146 valence electrons. The van der Waals surface area contributed by atoms with Crippen LogP contribution in [0.4, 0.5) is 5.82 Å². The third-order valence-electron chi connectivity index (χ3n) is 5.22. The van der Waals surface area contributed by atoms with Crippen molar-refractivity contribution in [2.75, 3.05) is 43.6 Å². The third-order valence-corrected chi connectivity index (χ3v) is 6.16. The Morgan fingerprint density at radius 2 is 1.86 bits per heavy atom. The summed E-state index contributed by atoms with van der Waals surface area (Å²) in [6, 6.07) is 12.3. The Morgan fingerprint density at radius 1 is 1.11 bits per heavy atom. The fourth-order valence-corrected chi connectivity index (χ4v) is 4.67. The summed E-state index contributed by atoms with van der Waals surface area (Å²) in [4.78, 5) is 7.31. The second kappa shape index (κ2) is 9.31. The second-order valence-electron chi connectivity index (χ2n) is 7.00. The van der Waals surface area contributed by atoms with Crippen LogP contribution in [0.3, 0.4) is 0 Å². The van der Waals surface area contributed by atoms with Gasteiger partial charge in [-0.3, -0.25) is 0 Å². The van der Waals surface area contributed by atoms with Crippen molar-refractivity contribution in [3.8, 4) is 11.8 Å². The number of hydrogen-bond donors (Lipinski definition) is 0. The summed E-state index contributed by atoms with van der Waals surface area (Å²) >= 11 is 1.63. The number of ether oxygens (including phenoxy) is 2. The molecule has 0 bridgehead atoms. The number of anilines is 1. The number of aromatic nitrogens is 1. The van der Waals surface area contributed by atoms with E-state index in [9.17, 15) is 5.26 Å². The summed E-state index contributed by atoms with van der Waals surface area (Å²) in [6.45, 7) is 3.80. The molecule has 1 aromatic carbocycles. The molecule has 5 nitrogen and oxygen atoms in total. The van der Waals surface area contributed by atoms with Gasteiger partial charge in [-0.1, -0.05) is 18.2 Å². The van der Waals surface area contributed by atoms with Crippen molar-refractivity contribution in [2.45, 2.75) is 30.7 Å². The molecule has 4 rings (SSSR count). The molecule has 6 heteroatoms. The van der Waals surface area contributed by atoms with E-state index in [0.29, 0.717) is 6.61 Å². The predicted octanol–water partition coefficient (Wildman–Crippen LogP) is 3.84. The topological polar surface area (TPSA) is 58.4 Å². The van der Waals surface area contributed by atoms with Gasteiger partial charge in [-0.15, -0.1) is 11.8 Å². The Balaban J connectivity index is 1.54. The van der Waals surface area contributed by atoms with E-state index in [4.69, 9.17) is 14.5 Å². The van der Waals surface area contributed by atoms with Crippen LogP contribution in [-0.4, -0.2) is 43.6 Å². The van der Waals surface area contributed by atoms with Crippen molar-refractivity contribution < 1.29 is 9.47 Å². The summed E-state index contributed by atoms with van der Waals surface area (Å²) in [6.07, 6.45) is 4.32. The van der Waals surface area contributed by atoms with Crippen LogP contribution in [0.5, 0.6) is 5.75 Å². The molecule has 1 aliphatic carbocycles. The normalized spacial score (nSPS) is 16.3. The highest BCUT2D eigenvalue weighted by molar-refractivity contribution is 7.99. The number of benzene rings is 1. The van der Waals surface area contributed by atoms with E-state index in [2.05, 4.69) is 11.0 Å². The molecule has 0 radical (unpaired) electrons. The molecule has 0 unspecified atom stereocenters. The van der Waals surface area contributed by atoms with Gasteiger partial charge in [0.15, 0.2) is 0 Å². The molecule has 1 aliphatic heterocycles. The summed E-state index contributed by atoms with van der Waals surface area (Å²) in [5, 5.41) is 10.7. The highest BCUT2D eigenvalue weighted by atomic mass is 32.2. The quantitative estimate of drug-likeness (QED) is 0.547. The zero-order valence-electron chi connectivity index (χ0n) is 16.0. The van der Waals surface area contributed by atoms with Crippen molar-refractivity contribution in [3.05, 3.63) is 47.0 Å². The average molecular weight is 396 g/mol. The minimum Gasteiger partial charge on any atom is -0.493 e. The van der Waals surface area contributed by atoms with Gasteiger partial charge < -0.3 is 14.4 Å². The van der Waals surface area contributed by atoms with Crippen molar-refractivity contribution in [3.63, 3.8) is 0 Å². The molecule has 2 heterocycles. The van der Waals surface area contributed by atoms with Gasteiger partial charge in [0.2, 0.25) is 0 Å². The van der Waals surface area contributed by atoms with E-state index < -0.39 is 0 Å². The highest BCUT2D eigenvalue weighted by Gasteiger charge is 2.26. The molecule has 1 aromatic heterocycles. The first-order valence-corrected chi connectivity index (χ1v) is 10.9. The monoisotopic (exact) mass is 395 g/mol. The lowest BCUT2D eigenvalue weighted by Gasteiger charge is -2.32. The summed E-state index contributed by atoms with van der Waals surface area (Å²) < 4.78 is 11.3. The van der Waals surface area contributed by atoms with Crippen LogP contribution in [0.25, 0.3) is 0 Å². The van der Waals surface area contributed by atoms with Gasteiger partial charge in [0.05, 0.1) is 25.4 Å². The van der Waals surface area contributed by atoms with Gasteiger partial charge >= 0.3 is 0 Å². The first-order chi connectivity index (χ1) is 13.9. The predicted molar refractivity (Wildman–Crippen MR) is 111 cm³/mol. The van der Waals surface area contributed by atoms with Gasteiger partial charge in [0.1, 0.15) is 22.7 Å². The van der Waals surface area contributed by atoms with E-state index >= 15 is 0 Å². The average Bonchev–Trinajstić information content (AvgIpc) is 2.77. The maximum absolute atomic E-state index is 9.84. The van der Waals surface area contributed by atoms with Crippen molar-refractivity contribution >= 4 is 17.6 Å². The van der Waals surface area contributed by atoms with Crippen LogP contribution in [0.15, 0.2) is 35.4 Å². The first kappa shape index (κ1) is 19.1. The number of para-hydroxylation sites is 1. The van der Waals surface area contributed by atoms with E-state index in [0.717, 1.165) is 73.5 Å². The summed E-state index contributed by atoms with van der Waals surface area (Å²) in [5.41, 5.74) is 3.28. The lowest BCUT2D eigenvalue weighted by Crippen LogP contribution is -2.38. The second-order valence-corrected chi connectivity index (χ2v) is 8.08. The van der Waals surface area contributed by atoms with Crippen molar-refractivity contribution in [1.82, 2.24) is 4.98 Å². The van der Waals surface area contributed by atoms with Gasteiger partial charge in [0, 0.05) is 18.8 Å². The van der Waals surface area contributed by atoms with Gasteiger partial charge in [0.25, 0.3) is 0 Å². The van der Waals surface area contributed by atoms with E-state index in [1.807, 2.05) is 30.3 Å². The molecular formula is C22H25N3O2S. The molecular weight excluding hydrogens is 370 g/mol. The lowest BCUT2D eigenvalue weighted by molar-refractivity contribution is 0.122. The maximum Gasteiger partial charge on any atom is 0.133 e. The molecule has 0 amide bonds. The van der Waals surface area contributed by atoms with Crippen molar-refractivity contribution in [2.24, 2.45) is 0 Å². The molecule has 0 spiro atoms. The Labute approximate surface area is 170 Å². The Morgan fingerprint density at radius 3 is 2.61 bits per heavy atom. The Kier molecular flexibility index (Phi) is 6.35. The van der Waals surface area contributed by atoms with Gasteiger partial charge in [-0.2, -0.15) is 5.26 Å². The number of nitrogens with zero attached hydrogens (tertiary/aromatic N) is 3. The van der Waals surface area contributed by atoms with Crippen molar-refractivity contribution in [1.29, 1.82) is 5.26 Å². The van der Waals surface area contributed by atoms with Crippen LogP contribution >= 0.6 is 11.8 Å². The standard InChI is InChI=1S/C22H25N3O2S/c23-16-20-18-8-4-5-9-19(18)21(25-10-12-26-13-11-25)24-22(20)28-15-14-27-17-6-2-1-3-7-17/h1-3,6-7H,4-5,8-15H2. The fourth-order valence-electron chi connectivity index (χ4n) is 3.85. The number of morpholine rings is 1. The minimum atomic E-state index is 0.588. The van der Waals surface area contributed by atoms with E-state index in [-0.39, 0.29) is 0 Å². The van der Waals surface area contributed by atoms with Crippen LogP contribution in [0.1, 0.15) is 29.5 Å². The van der Waals surface area contributed by atoms with E-state index in [1.54, 1.807) is 11.8 Å². The number of fused-ring (bicyclic) bond motifs is 1. The fraction of sp³-hybridized carbons (Fsp3) is 0.455. The van der Waals surface area contributed by atoms with E-state index in [1.165, 1.54) is 17.5 Å². The van der Waals surface area contributed by atoms with Gasteiger partial charge in [-0.25, -0.2) is 4.98 Å². The first-order valence-electron chi connectivity index (χ1n) is 9.96. The van der Waals surface area contributed by atoms with Crippen LogP contribution < -0.4 is 9.64 Å². The molecule has 2 aliphatic rings. The Hall–Kier alpha value is -2.23. The molecule has 0 N–H and O–H groups in total. The molecule has 28 heavy (non-hydrogen) atoms. The Bertz CT molecular complexity index is 845. The molecule has 2 aromatic rings. The van der Waals surface area contributed by atoms with Crippen LogP contribution in [0.2, 0.25) is 0 Å². The molecule has 1 fully saturated rings.